The van der Waals surface area contributed by atoms with Crippen LogP contribution in [0, 0.1) is 5.92 Å². The highest BCUT2D eigenvalue weighted by atomic mass is 16.5. The number of hydrogen-bond donors (Lipinski definition) is 3. The average molecular weight is 347 g/mol. The Kier molecular flexibility index (Phi) is 5.99. The van der Waals surface area contributed by atoms with E-state index in [2.05, 4.69) is 15.6 Å². The summed E-state index contributed by atoms with van der Waals surface area (Å²) in [5.41, 5.74) is 0.990. The van der Waals surface area contributed by atoms with Crippen molar-refractivity contribution < 1.29 is 19.4 Å². The van der Waals surface area contributed by atoms with Crippen LogP contribution in [0.25, 0.3) is 0 Å². The minimum atomic E-state index is -0.450. The maximum atomic E-state index is 12.1. The zero-order valence-corrected chi connectivity index (χ0v) is 14.2. The number of aromatic nitrogens is 1. The Morgan fingerprint density at radius 2 is 1.96 bits per heavy atom. The molecule has 7 nitrogen and oxygen atoms in total. The molecule has 2 fully saturated rings. The minimum Gasteiger partial charge on any atom is -0.394 e. The molecular formula is C18H25N3O4. The lowest BCUT2D eigenvalue weighted by atomic mass is 9.96. The smallest absolute Gasteiger partial charge is 0.223 e. The number of rotatable bonds is 7. The summed E-state index contributed by atoms with van der Waals surface area (Å²) in [6.07, 6.45) is 6.25. The van der Waals surface area contributed by atoms with Gasteiger partial charge in [-0.15, -0.1) is 0 Å². The first-order valence-corrected chi connectivity index (χ1v) is 8.88. The highest BCUT2D eigenvalue weighted by molar-refractivity contribution is 5.81. The van der Waals surface area contributed by atoms with E-state index in [1.807, 2.05) is 12.1 Å². The van der Waals surface area contributed by atoms with Gasteiger partial charge in [-0.05, 0) is 43.4 Å². The molecule has 0 unspecified atom stereocenters. The molecular weight excluding hydrogens is 322 g/mol. The molecule has 1 aliphatic carbocycles. The molecule has 1 aliphatic heterocycles. The predicted molar refractivity (Wildman–Crippen MR) is 90.3 cm³/mol. The van der Waals surface area contributed by atoms with E-state index in [0.29, 0.717) is 19.4 Å². The molecule has 1 saturated heterocycles. The monoisotopic (exact) mass is 347 g/mol. The van der Waals surface area contributed by atoms with E-state index in [0.717, 1.165) is 18.4 Å². The Morgan fingerprint density at radius 1 is 1.20 bits per heavy atom. The molecule has 25 heavy (non-hydrogen) atoms. The van der Waals surface area contributed by atoms with Crippen LogP contribution in [0.1, 0.15) is 37.7 Å². The number of aliphatic hydroxyl groups is 1. The first-order chi connectivity index (χ1) is 12.2. The average Bonchev–Trinajstić information content (AvgIpc) is 3.47. The van der Waals surface area contributed by atoms with Crippen LogP contribution in [0.15, 0.2) is 24.5 Å². The van der Waals surface area contributed by atoms with Gasteiger partial charge in [0, 0.05) is 24.9 Å². The van der Waals surface area contributed by atoms with E-state index < -0.39 is 6.10 Å². The van der Waals surface area contributed by atoms with E-state index in [9.17, 15) is 14.7 Å². The van der Waals surface area contributed by atoms with Crippen LogP contribution in [0.4, 0.5) is 0 Å². The van der Waals surface area contributed by atoms with E-state index in [4.69, 9.17) is 4.74 Å². The topological polar surface area (TPSA) is 101 Å². The highest BCUT2D eigenvalue weighted by Crippen LogP contribution is 2.30. The summed E-state index contributed by atoms with van der Waals surface area (Å²) in [6, 6.07) is 3.53. The van der Waals surface area contributed by atoms with Crippen molar-refractivity contribution in [1.82, 2.24) is 15.6 Å². The van der Waals surface area contributed by atoms with Crippen LogP contribution in [0.3, 0.4) is 0 Å². The first-order valence-electron chi connectivity index (χ1n) is 8.88. The predicted octanol–water partition coefficient (Wildman–Crippen LogP) is 0.523. The fourth-order valence-electron chi connectivity index (χ4n) is 3.07. The number of amides is 2. The summed E-state index contributed by atoms with van der Waals surface area (Å²) in [6.45, 7) is 0.294. The number of aliphatic hydroxyl groups excluding tert-OH is 1. The number of carbonyl (C=O) groups excluding carboxylic acids is 2. The highest BCUT2D eigenvalue weighted by Gasteiger charge is 2.36. The van der Waals surface area contributed by atoms with Crippen LogP contribution in [0.2, 0.25) is 0 Å². The van der Waals surface area contributed by atoms with Crippen molar-refractivity contribution in [3.63, 3.8) is 0 Å². The largest absolute Gasteiger partial charge is 0.394 e. The lowest BCUT2D eigenvalue weighted by Crippen LogP contribution is -2.51. The standard InChI is InChI=1S/C18H25N3O4/c22-11-16-15(21-18(24)13-1-2-13)4-3-14(25-16)9-17(23)20-10-12-5-7-19-8-6-12/h5-8,13-16,22H,1-4,9-11H2,(H,20,23)(H,21,24)/t14-,15-,16-/m1/s1. The Balaban J connectivity index is 1.42. The second-order valence-electron chi connectivity index (χ2n) is 6.78. The normalized spacial score (nSPS) is 26.0. The summed E-state index contributed by atoms with van der Waals surface area (Å²) in [4.78, 5) is 27.9. The molecule has 0 aromatic carbocycles. The van der Waals surface area contributed by atoms with Gasteiger partial charge in [-0.2, -0.15) is 0 Å². The summed E-state index contributed by atoms with van der Waals surface area (Å²) in [7, 11) is 0. The fraction of sp³-hybridized carbons (Fsp3) is 0.611. The van der Waals surface area contributed by atoms with Gasteiger partial charge in [0.1, 0.15) is 6.10 Å². The van der Waals surface area contributed by atoms with Crippen LogP contribution >= 0.6 is 0 Å². The van der Waals surface area contributed by atoms with Crippen LogP contribution in [0.5, 0.6) is 0 Å². The van der Waals surface area contributed by atoms with Crippen molar-refractivity contribution in [3.8, 4) is 0 Å². The number of ether oxygens (including phenoxy) is 1. The molecule has 1 saturated carbocycles. The van der Waals surface area contributed by atoms with Crippen LogP contribution in [-0.4, -0.2) is 46.8 Å². The zero-order chi connectivity index (χ0) is 17.6. The van der Waals surface area contributed by atoms with Crippen LogP contribution < -0.4 is 10.6 Å². The number of carbonyl (C=O) groups is 2. The van der Waals surface area contributed by atoms with Gasteiger partial charge in [-0.25, -0.2) is 0 Å². The van der Waals surface area contributed by atoms with Gasteiger partial charge in [-0.1, -0.05) is 0 Å². The lowest BCUT2D eigenvalue weighted by molar-refractivity contribution is -0.136. The van der Waals surface area contributed by atoms with E-state index in [1.165, 1.54) is 0 Å². The quantitative estimate of drug-likeness (QED) is 0.668. The maximum absolute atomic E-state index is 12.1. The number of pyridine rings is 1. The van der Waals surface area contributed by atoms with Crippen LogP contribution in [-0.2, 0) is 20.9 Å². The molecule has 2 aliphatic rings. The fourth-order valence-corrected chi connectivity index (χ4v) is 3.07. The lowest BCUT2D eigenvalue weighted by Gasteiger charge is -2.36. The summed E-state index contributed by atoms with van der Waals surface area (Å²) in [5.74, 6) is 0.107. The van der Waals surface area contributed by atoms with Gasteiger partial charge >= 0.3 is 0 Å². The van der Waals surface area contributed by atoms with Crippen molar-refractivity contribution >= 4 is 11.8 Å². The molecule has 3 N–H and O–H groups in total. The molecule has 7 heteroatoms. The summed E-state index contributed by atoms with van der Waals surface area (Å²) in [5, 5.41) is 15.4. The van der Waals surface area contributed by atoms with Gasteiger partial charge in [0.2, 0.25) is 11.8 Å². The molecule has 1 aromatic heterocycles. The molecule has 1 aromatic rings. The van der Waals surface area contributed by atoms with Gasteiger partial charge in [0.15, 0.2) is 0 Å². The Bertz CT molecular complexity index is 591. The summed E-state index contributed by atoms with van der Waals surface area (Å²) >= 11 is 0. The molecule has 0 spiro atoms. The third-order valence-corrected chi connectivity index (χ3v) is 4.72. The molecule has 3 rings (SSSR count). The summed E-state index contributed by atoms with van der Waals surface area (Å²) < 4.78 is 5.84. The van der Waals surface area contributed by atoms with E-state index >= 15 is 0 Å². The number of hydrogen-bond acceptors (Lipinski definition) is 5. The Labute approximate surface area is 147 Å². The Morgan fingerprint density at radius 3 is 2.64 bits per heavy atom. The second-order valence-corrected chi connectivity index (χ2v) is 6.78. The molecule has 0 bridgehead atoms. The number of nitrogens with zero attached hydrogens (tertiary/aromatic N) is 1. The molecule has 2 amide bonds. The molecule has 136 valence electrons. The van der Waals surface area contributed by atoms with Gasteiger partial charge in [0.25, 0.3) is 0 Å². The van der Waals surface area contributed by atoms with Crippen molar-refractivity contribution in [2.24, 2.45) is 5.92 Å². The molecule has 0 radical (unpaired) electrons. The van der Waals surface area contributed by atoms with Gasteiger partial charge < -0.3 is 20.5 Å². The van der Waals surface area contributed by atoms with Crippen molar-refractivity contribution in [2.45, 2.75) is 56.9 Å². The van der Waals surface area contributed by atoms with Crippen molar-refractivity contribution in [2.75, 3.05) is 6.61 Å². The Hall–Kier alpha value is -1.99. The first kappa shape index (κ1) is 17.8. The van der Waals surface area contributed by atoms with Crippen molar-refractivity contribution in [3.05, 3.63) is 30.1 Å². The SMILES string of the molecule is O=C(C[C@H]1CC[C@@H](NC(=O)C2CC2)[C@@H](CO)O1)NCc1ccncc1. The van der Waals surface area contributed by atoms with E-state index in [1.54, 1.807) is 12.4 Å². The van der Waals surface area contributed by atoms with E-state index in [-0.39, 0.29) is 42.9 Å². The zero-order valence-electron chi connectivity index (χ0n) is 14.2. The third-order valence-electron chi connectivity index (χ3n) is 4.72. The molecule has 3 atom stereocenters. The number of nitrogens with one attached hydrogen (secondary N) is 2. The van der Waals surface area contributed by atoms with Gasteiger partial charge in [0.05, 0.1) is 25.2 Å². The van der Waals surface area contributed by atoms with Crippen molar-refractivity contribution in [1.29, 1.82) is 0 Å². The van der Waals surface area contributed by atoms with Gasteiger partial charge in [-0.3, -0.25) is 14.6 Å². The molecule has 2 heterocycles. The maximum Gasteiger partial charge on any atom is 0.223 e. The minimum absolute atomic E-state index is 0.0561. The second kappa shape index (κ2) is 8.40. The third kappa shape index (κ3) is 5.24.